The maximum absolute atomic E-state index is 11.6. The largest absolute Gasteiger partial charge is 0.420 e. The lowest BCUT2D eigenvalue weighted by Crippen LogP contribution is -2.17. The second-order valence-electron chi connectivity index (χ2n) is 4.07. The molecule has 0 aliphatic rings. The molecular weight excluding hydrogens is 192 g/mol. The zero-order valence-corrected chi connectivity index (χ0v) is 8.86. The second kappa shape index (κ2) is 3.46. The van der Waals surface area contributed by atoms with E-state index in [0.717, 1.165) is 5.52 Å². The van der Waals surface area contributed by atoms with E-state index in [4.69, 9.17) is 10.2 Å². The molecule has 80 valence electrons. The Morgan fingerprint density at radius 1 is 1.47 bits per heavy atom. The maximum Gasteiger partial charge on any atom is 0.420 e. The molecule has 0 radical (unpaired) electrons. The first kappa shape index (κ1) is 9.83. The van der Waals surface area contributed by atoms with Crippen LogP contribution in [-0.2, 0) is 6.54 Å². The third kappa shape index (κ3) is 1.63. The van der Waals surface area contributed by atoms with Gasteiger partial charge in [-0.1, -0.05) is 19.9 Å². The van der Waals surface area contributed by atoms with Gasteiger partial charge in [0, 0.05) is 6.54 Å². The van der Waals surface area contributed by atoms with Crippen molar-refractivity contribution < 1.29 is 4.42 Å². The van der Waals surface area contributed by atoms with E-state index < -0.39 is 0 Å². The Morgan fingerprint density at radius 2 is 2.20 bits per heavy atom. The van der Waals surface area contributed by atoms with Crippen molar-refractivity contribution in [1.29, 1.82) is 0 Å². The molecule has 2 N–H and O–H groups in total. The monoisotopic (exact) mass is 206 g/mol. The SMILES string of the molecule is CC(C)Cn1c(=O)oc2c(N)cccc21. The quantitative estimate of drug-likeness (QED) is 0.762. The van der Waals surface area contributed by atoms with Crippen molar-refractivity contribution in [2.24, 2.45) is 5.92 Å². The van der Waals surface area contributed by atoms with Gasteiger partial charge in [-0.3, -0.25) is 4.57 Å². The van der Waals surface area contributed by atoms with Gasteiger partial charge in [-0.15, -0.1) is 0 Å². The molecule has 4 nitrogen and oxygen atoms in total. The molecule has 2 rings (SSSR count). The number of benzene rings is 1. The number of aromatic nitrogens is 1. The number of fused-ring (bicyclic) bond motifs is 1. The van der Waals surface area contributed by atoms with Crippen molar-refractivity contribution in [3.05, 3.63) is 28.7 Å². The van der Waals surface area contributed by atoms with E-state index in [1.165, 1.54) is 0 Å². The van der Waals surface area contributed by atoms with E-state index in [0.29, 0.717) is 23.7 Å². The average molecular weight is 206 g/mol. The fraction of sp³-hybridized carbons (Fsp3) is 0.364. The van der Waals surface area contributed by atoms with E-state index in [1.807, 2.05) is 12.1 Å². The lowest BCUT2D eigenvalue weighted by molar-refractivity contribution is 0.459. The average Bonchev–Trinajstić information content (AvgIpc) is 2.45. The van der Waals surface area contributed by atoms with Gasteiger partial charge in [-0.2, -0.15) is 0 Å². The minimum absolute atomic E-state index is 0.336. The molecule has 0 aliphatic heterocycles. The molecule has 0 amide bonds. The standard InChI is InChI=1S/C11H14N2O2/c1-7(2)6-13-9-5-3-4-8(12)10(9)15-11(13)14/h3-5,7H,6,12H2,1-2H3. The molecule has 2 aromatic rings. The summed E-state index contributed by atoms with van der Waals surface area (Å²) in [7, 11) is 0. The minimum atomic E-state index is -0.336. The highest BCUT2D eigenvalue weighted by molar-refractivity contribution is 5.84. The van der Waals surface area contributed by atoms with Gasteiger partial charge >= 0.3 is 5.76 Å². The van der Waals surface area contributed by atoms with E-state index >= 15 is 0 Å². The van der Waals surface area contributed by atoms with E-state index in [1.54, 1.807) is 10.6 Å². The molecule has 0 saturated carbocycles. The molecule has 1 aromatic carbocycles. The highest BCUT2D eigenvalue weighted by atomic mass is 16.4. The topological polar surface area (TPSA) is 61.2 Å². The van der Waals surface area contributed by atoms with Gasteiger partial charge in [0.25, 0.3) is 0 Å². The van der Waals surface area contributed by atoms with Crippen LogP contribution >= 0.6 is 0 Å². The minimum Gasteiger partial charge on any atom is -0.405 e. The first-order valence-corrected chi connectivity index (χ1v) is 4.97. The molecule has 4 heteroatoms. The van der Waals surface area contributed by atoms with Crippen LogP contribution in [-0.4, -0.2) is 4.57 Å². The lowest BCUT2D eigenvalue weighted by Gasteiger charge is -2.04. The summed E-state index contributed by atoms with van der Waals surface area (Å²) in [6.45, 7) is 4.75. The fourth-order valence-electron chi connectivity index (χ4n) is 1.64. The summed E-state index contributed by atoms with van der Waals surface area (Å²) in [5, 5.41) is 0. The van der Waals surface area contributed by atoms with E-state index in [2.05, 4.69) is 13.8 Å². The van der Waals surface area contributed by atoms with Crippen molar-refractivity contribution >= 4 is 16.8 Å². The zero-order valence-electron chi connectivity index (χ0n) is 8.86. The molecule has 0 spiro atoms. The second-order valence-corrected chi connectivity index (χ2v) is 4.07. The summed E-state index contributed by atoms with van der Waals surface area (Å²) < 4.78 is 6.73. The predicted molar refractivity (Wildman–Crippen MR) is 59.7 cm³/mol. The number of hydrogen-bond acceptors (Lipinski definition) is 3. The van der Waals surface area contributed by atoms with Crippen LogP contribution in [0.4, 0.5) is 5.69 Å². The van der Waals surface area contributed by atoms with Crippen molar-refractivity contribution in [3.8, 4) is 0 Å². The van der Waals surface area contributed by atoms with Gasteiger partial charge < -0.3 is 10.2 Å². The summed E-state index contributed by atoms with van der Waals surface area (Å²) >= 11 is 0. The number of nitrogens with two attached hydrogens (primary N) is 1. The number of rotatable bonds is 2. The fourth-order valence-corrected chi connectivity index (χ4v) is 1.64. The number of para-hydroxylation sites is 1. The van der Waals surface area contributed by atoms with Crippen LogP contribution < -0.4 is 11.5 Å². The summed E-state index contributed by atoms with van der Waals surface area (Å²) in [5.41, 5.74) is 7.49. The van der Waals surface area contributed by atoms with Crippen molar-refractivity contribution in [2.75, 3.05) is 5.73 Å². The summed E-state index contributed by atoms with van der Waals surface area (Å²) in [4.78, 5) is 11.6. The molecule has 0 bridgehead atoms. The molecule has 0 aliphatic carbocycles. The molecule has 0 saturated heterocycles. The molecule has 1 heterocycles. The number of nitrogens with zero attached hydrogens (tertiary/aromatic N) is 1. The van der Waals surface area contributed by atoms with Gasteiger partial charge in [0.15, 0.2) is 5.58 Å². The Balaban J connectivity index is 2.69. The van der Waals surface area contributed by atoms with Crippen LogP contribution in [0.2, 0.25) is 0 Å². The van der Waals surface area contributed by atoms with E-state index in [9.17, 15) is 4.79 Å². The summed E-state index contributed by atoms with van der Waals surface area (Å²) in [5.74, 6) is 0.0570. The molecule has 1 aromatic heterocycles. The van der Waals surface area contributed by atoms with Crippen molar-refractivity contribution in [2.45, 2.75) is 20.4 Å². The highest BCUT2D eigenvalue weighted by Crippen LogP contribution is 2.19. The molecule has 0 fully saturated rings. The smallest absolute Gasteiger partial charge is 0.405 e. The Labute approximate surface area is 87.3 Å². The zero-order chi connectivity index (χ0) is 11.0. The third-order valence-corrected chi connectivity index (χ3v) is 2.27. The van der Waals surface area contributed by atoms with Crippen molar-refractivity contribution in [1.82, 2.24) is 4.57 Å². The van der Waals surface area contributed by atoms with Gasteiger partial charge in [0.05, 0.1) is 11.2 Å². The lowest BCUT2D eigenvalue weighted by atomic mass is 10.2. The first-order chi connectivity index (χ1) is 7.09. The third-order valence-electron chi connectivity index (χ3n) is 2.27. The van der Waals surface area contributed by atoms with Gasteiger partial charge in [-0.25, -0.2) is 4.79 Å². The van der Waals surface area contributed by atoms with Crippen LogP contribution in [0.25, 0.3) is 11.1 Å². The predicted octanol–water partition coefficient (Wildman–Crippen LogP) is 1.83. The van der Waals surface area contributed by atoms with Crippen LogP contribution in [0.1, 0.15) is 13.8 Å². The maximum atomic E-state index is 11.6. The Kier molecular flexibility index (Phi) is 2.26. The van der Waals surface area contributed by atoms with Gasteiger partial charge in [-0.05, 0) is 18.1 Å². The van der Waals surface area contributed by atoms with Crippen LogP contribution in [0.15, 0.2) is 27.4 Å². The van der Waals surface area contributed by atoms with E-state index in [-0.39, 0.29) is 5.76 Å². The summed E-state index contributed by atoms with van der Waals surface area (Å²) in [6.07, 6.45) is 0. The van der Waals surface area contributed by atoms with Crippen LogP contribution in [0, 0.1) is 5.92 Å². The number of hydrogen-bond donors (Lipinski definition) is 1. The number of anilines is 1. The Hall–Kier alpha value is -1.71. The Bertz CT molecular complexity index is 537. The molecular formula is C11H14N2O2. The normalized spacial score (nSPS) is 11.4. The highest BCUT2D eigenvalue weighted by Gasteiger charge is 2.11. The van der Waals surface area contributed by atoms with Crippen LogP contribution in [0.5, 0.6) is 0 Å². The molecule has 0 atom stereocenters. The van der Waals surface area contributed by atoms with Gasteiger partial charge in [0.2, 0.25) is 0 Å². The molecule has 15 heavy (non-hydrogen) atoms. The van der Waals surface area contributed by atoms with Crippen molar-refractivity contribution in [3.63, 3.8) is 0 Å². The molecule has 0 unspecified atom stereocenters. The van der Waals surface area contributed by atoms with Crippen LogP contribution in [0.3, 0.4) is 0 Å². The Morgan fingerprint density at radius 3 is 2.87 bits per heavy atom. The summed E-state index contributed by atoms with van der Waals surface area (Å²) in [6, 6.07) is 5.40. The number of nitrogen functional groups attached to an aromatic ring is 1. The number of oxazole rings is 1. The van der Waals surface area contributed by atoms with Gasteiger partial charge in [0.1, 0.15) is 0 Å². The first-order valence-electron chi connectivity index (χ1n) is 4.97.